The zero-order valence-electron chi connectivity index (χ0n) is 12.4. The molecule has 21 heavy (non-hydrogen) atoms. The van der Waals surface area contributed by atoms with Gasteiger partial charge in [0, 0.05) is 37.2 Å². The van der Waals surface area contributed by atoms with E-state index in [1.807, 2.05) is 32.0 Å². The molecular weight excluding hydrogens is 334 g/mol. The van der Waals surface area contributed by atoms with Crippen LogP contribution in [0.4, 0.5) is 4.79 Å². The van der Waals surface area contributed by atoms with Crippen LogP contribution in [0.25, 0.3) is 0 Å². The van der Waals surface area contributed by atoms with Crippen LogP contribution in [0.3, 0.4) is 0 Å². The Morgan fingerprint density at radius 3 is 2.43 bits per heavy atom. The molecule has 0 atom stereocenters. The van der Waals surface area contributed by atoms with Crippen LogP contribution < -0.4 is 5.32 Å². The number of piperazine rings is 1. The Balaban J connectivity index is 2.00. The van der Waals surface area contributed by atoms with Crippen molar-refractivity contribution in [1.82, 2.24) is 15.1 Å². The van der Waals surface area contributed by atoms with Gasteiger partial charge in [0.1, 0.15) is 0 Å². The first-order valence-electron chi connectivity index (χ1n) is 7.11. The average Bonchev–Trinajstić information content (AvgIpc) is 2.49. The fourth-order valence-corrected chi connectivity index (χ4v) is 2.77. The molecule has 3 amide bonds. The Morgan fingerprint density at radius 2 is 1.81 bits per heavy atom. The van der Waals surface area contributed by atoms with E-state index < -0.39 is 0 Å². The van der Waals surface area contributed by atoms with Crippen LogP contribution in [0.2, 0.25) is 0 Å². The van der Waals surface area contributed by atoms with Gasteiger partial charge < -0.3 is 15.1 Å². The predicted octanol–water partition coefficient (Wildman–Crippen LogP) is 2.24. The zero-order valence-corrected chi connectivity index (χ0v) is 13.9. The maximum Gasteiger partial charge on any atom is 0.317 e. The number of halogens is 1. The van der Waals surface area contributed by atoms with Crippen molar-refractivity contribution in [3.05, 3.63) is 33.8 Å². The van der Waals surface area contributed by atoms with Crippen LogP contribution in [-0.2, 0) is 0 Å². The van der Waals surface area contributed by atoms with Crippen molar-refractivity contribution in [2.24, 2.45) is 0 Å². The van der Waals surface area contributed by atoms with Crippen molar-refractivity contribution >= 4 is 27.9 Å². The minimum Gasteiger partial charge on any atom is -0.338 e. The Morgan fingerprint density at radius 1 is 1.19 bits per heavy atom. The van der Waals surface area contributed by atoms with Gasteiger partial charge in [0.2, 0.25) is 0 Å². The first-order chi connectivity index (χ1) is 10.0. The standard InChI is InChI=1S/C15H20BrN3O2/c1-3-17-15(21)19-8-6-18(7-9-19)14(20)12-10-11(2)4-5-13(12)16/h4-5,10H,3,6-9H2,1-2H3,(H,17,21). The van der Waals surface area contributed by atoms with Gasteiger partial charge in [-0.3, -0.25) is 4.79 Å². The summed E-state index contributed by atoms with van der Waals surface area (Å²) in [5.74, 6) is 0.0149. The third kappa shape index (κ3) is 3.75. The molecule has 2 rings (SSSR count). The molecular formula is C15H20BrN3O2. The van der Waals surface area contributed by atoms with E-state index in [9.17, 15) is 9.59 Å². The van der Waals surface area contributed by atoms with Crippen molar-refractivity contribution < 1.29 is 9.59 Å². The van der Waals surface area contributed by atoms with Crippen LogP contribution >= 0.6 is 15.9 Å². The molecule has 5 nitrogen and oxygen atoms in total. The lowest BCUT2D eigenvalue weighted by molar-refractivity contribution is 0.0664. The highest BCUT2D eigenvalue weighted by Crippen LogP contribution is 2.20. The largest absolute Gasteiger partial charge is 0.338 e. The van der Waals surface area contributed by atoms with Gasteiger partial charge in [-0.25, -0.2) is 4.79 Å². The highest BCUT2D eigenvalue weighted by atomic mass is 79.9. The minimum atomic E-state index is -0.0543. The fraction of sp³-hybridized carbons (Fsp3) is 0.467. The molecule has 6 heteroatoms. The van der Waals surface area contributed by atoms with Gasteiger partial charge in [-0.1, -0.05) is 11.6 Å². The summed E-state index contributed by atoms with van der Waals surface area (Å²) in [6.45, 7) is 6.76. The molecule has 1 saturated heterocycles. The summed E-state index contributed by atoms with van der Waals surface area (Å²) in [4.78, 5) is 27.8. The summed E-state index contributed by atoms with van der Waals surface area (Å²) < 4.78 is 0.809. The second-order valence-corrected chi connectivity index (χ2v) is 5.95. The quantitative estimate of drug-likeness (QED) is 0.886. The molecule has 1 aliphatic rings. The van der Waals surface area contributed by atoms with Crippen molar-refractivity contribution in [3.63, 3.8) is 0 Å². The predicted molar refractivity (Wildman–Crippen MR) is 85.4 cm³/mol. The number of aryl methyl sites for hydroxylation is 1. The summed E-state index contributed by atoms with van der Waals surface area (Å²) >= 11 is 3.43. The van der Waals surface area contributed by atoms with Gasteiger partial charge in [-0.05, 0) is 41.9 Å². The number of nitrogens with one attached hydrogen (secondary N) is 1. The van der Waals surface area contributed by atoms with E-state index in [1.54, 1.807) is 9.80 Å². The number of hydrogen-bond acceptors (Lipinski definition) is 2. The lowest BCUT2D eigenvalue weighted by Gasteiger charge is -2.34. The number of carbonyl (C=O) groups is 2. The van der Waals surface area contributed by atoms with E-state index in [0.29, 0.717) is 38.3 Å². The van der Waals surface area contributed by atoms with E-state index in [0.717, 1.165) is 10.0 Å². The molecule has 0 radical (unpaired) electrons. The van der Waals surface area contributed by atoms with E-state index >= 15 is 0 Å². The molecule has 0 unspecified atom stereocenters. The van der Waals surface area contributed by atoms with Gasteiger partial charge in [0.25, 0.3) is 5.91 Å². The summed E-state index contributed by atoms with van der Waals surface area (Å²) in [5, 5.41) is 2.78. The zero-order chi connectivity index (χ0) is 15.4. The lowest BCUT2D eigenvalue weighted by Crippen LogP contribution is -2.53. The smallest absolute Gasteiger partial charge is 0.317 e. The molecule has 0 bridgehead atoms. The van der Waals surface area contributed by atoms with Crippen molar-refractivity contribution in [2.75, 3.05) is 32.7 Å². The molecule has 1 aromatic carbocycles. The van der Waals surface area contributed by atoms with Crippen molar-refractivity contribution in [1.29, 1.82) is 0 Å². The number of carbonyl (C=O) groups excluding carboxylic acids is 2. The molecule has 114 valence electrons. The SMILES string of the molecule is CCNC(=O)N1CCN(C(=O)c2cc(C)ccc2Br)CC1. The van der Waals surface area contributed by atoms with Gasteiger partial charge in [-0.15, -0.1) is 0 Å². The number of amides is 3. The van der Waals surface area contributed by atoms with Crippen LogP contribution in [0.5, 0.6) is 0 Å². The highest BCUT2D eigenvalue weighted by Gasteiger charge is 2.25. The van der Waals surface area contributed by atoms with E-state index in [-0.39, 0.29) is 11.9 Å². The Bertz CT molecular complexity index is 540. The Kier molecular flexibility index (Phi) is 5.22. The lowest BCUT2D eigenvalue weighted by atomic mass is 10.1. The Hall–Kier alpha value is -1.56. The summed E-state index contributed by atoms with van der Waals surface area (Å²) in [5.41, 5.74) is 1.74. The number of urea groups is 1. The average molecular weight is 354 g/mol. The molecule has 1 N–H and O–H groups in total. The summed E-state index contributed by atoms with van der Waals surface area (Å²) in [6, 6.07) is 5.70. The maximum atomic E-state index is 12.6. The monoisotopic (exact) mass is 353 g/mol. The van der Waals surface area contributed by atoms with Crippen LogP contribution in [-0.4, -0.2) is 54.5 Å². The molecule has 1 aliphatic heterocycles. The first-order valence-corrected chi connectivity index (χ1v) is 7.90. The second kappa shape index (κ2) is 6.93. The van der Waals surface area contributed by atoms with Crippen LogP contribution in [0.15, 0.2) is 22.7 Å². The Labute approximate surface area is 133 Å². The van der Waals surface area contributed by atoms with Gasteiger partial charge in [0.15, 0.2) is 0 Å². The van der Waals surface area contributed by atoms with Crippen molar-refractivity contribution in [3.8, 4) is 0 Å². The van der Waals surface area contributed by atoms with E-state index in [4.69, 9.17) is 0 Å². The summed E-state index contributed by atoms with van der Waals surface area (Å²) in [6.07, 6.45) is 0. The topological polar surface area (TPSA) is 52.7 Å². The second-order valence-electron chi connectivity index (χ2n) is 5.10. The van der Waals surface area contributed by atoms with Gasteiger partial charge in [-0.2, -0.15) is 0 Å². The molecule has 0 saturated carbocycles. The normalized spacial score (nSPS) is 15.0. The van der Waals surface area contributed by atoms with Crippen LogP contribution in [0.1, 0.15) is 22.8 Å². The minimum absolute atomic E-state index is 0.0149. The van der Waals surface area contributed by atoms with Gasteiger partial charge >= 0.3 is 6.03 Å². The third-order valence-electron chi connectivity index (χ3n) is 3.53. The number of benzene rings is 1. The molecule has 0 aliphatic carbocycles. The third-order valence-corrected chi connectivity index (χ3v) is 4.23. The van der Waals surface area contributed by atoms with Gasteiger partial charge in [0.05, 0.1) is 5.56 Å². The summed E-state index contributed by atoms with van der Waals surface area (Å²) in [7, 11) is 0. The number of nitrogens with zero attached hydrogens (tertiary/aromatic N) is 2. The van der Waals surface area contributed by atoms with E-state index in [1.165, 1.54) is 0 Å². The molecule has 1 aromatic rings. The molecule has 0 spiro atoms. The first kappa shape index (κ1) is 15.8. The van der Waals surface area contributed by atoms with Crippen molar-refractivity contribution in [2.45, 2.75) is 13.8 Å². The van der Waals surface area contributed by atoms with E-state index in [2.05, 4.69) is 21.2 Å². The fourth-order valence-electron chi connectivity index (χ4n) is 2.35. The number of rotatable bonds is 2. The molecule has 0 aromatic heterocycles. The molecule has 1 heterocycles. The van der Waals surface area contributed by atoms with Crippen LogP contribution in [0, 0.1) is 6.92 Å². The highest BCUT2D eigenvalue weighted by molar-refractivity contribution is 9.10. The molecule has 1 fully saturated rings. The maximum absolute atomic E-state index is 12.6. The number of hydrogen-bond donors (Lipinski definition) is 1.